The van der Waals surface area contributed by atoms with E-state index in [1.807, 2.05) is 0 Å². The maximum atomic E-state index is 3.74. The molecule has 1 aromatic carbocycles. The van der Waals surface area contributed by atoms with Crippen molar-refractivity contribution in [1.82, 2.24) is 10.2 Å². The van der Waals surface area contributed by atoms with Crippen molar-refractivity contribution < 1.29 is 0 Å². The van der Waals surface area contributed by atoms with Crippen LogP contribution in [0.5, 0.6) is 0 Å². The van der Waals surface area contributed by atoms with Crippen LogP contribution in [-0.2, 0) is 6.54 Å². The second-order valence-corrected chi connectivity index (χ2v) is 5.72. The minimum atomic E-state index is 0.692. The first-order valence-corrected chi connectivity index (χ1v) is 7.88. The highest BCUT2D eigenvalue weighted by molar-refractivity contribution is 5.14. The van der Waals surface area contributed by atoms with Crippen LogP contribution < -0.4 is 5.32 Å². The molecule has 0 aromatic heterocycles. The van der Waals surface area contributed by atoms with Crippen LogP contribution in [-0.4, -0.2) is 30.6 Å². The summed E-state index contributed by atoms with van der Waals surface area (Å²) in [6, 6.07) is 11.6. The summed E-state index contributed by atoms with van der Waals surface area (Å²) >= 11 is 0. The lowest BCUT2D eigenvalue weighted by molar-refractivity contribution is 0.250. The lowest BCUT2D eigenvalue weighted by Gasteiger charge is -2.25. The van der Waals surface area contributed by atoms with Gasteiger partial charge in [0.2, 0.25) is 0 Å². The predicted octanol–water partition coefficient (Wildman–Crippen LogP) is 3.43. The van der Waals surface area contributed by atoms with Gasteiger partial charge in [-0.2, -0.15) is 0 Å². The summed E-state index contributed by atoms with van der Waals surface area (Å²) in [6.07, 6.45) is 6.64. The van der Waals surface area contributed by atoms with E-state index in [1.165, 1.54) is 57.3 Å². The molecule has 106 valence electrons. The molecular weight excluding hydrogens is 232 g/mol. The Labute approximate surface area is 118 Å². The lowest BCUT2D eigenvalue weighted by Crippen LogP contribution is -2.39. The van der Waals surface area contributed by atoms with Gasteiger partial charge in [0, 0.05) is 19.1 Å². The molecule has 0 saturated carbocycles. The zero-order valence-corrected chi connectivity index (χ0v) is 12.3. The third kappa shape index (κ3) is 5.33. The lowest BCUT2D eigenvalue weighted by atomic mass is 10.1. The summed E-state index contributed by atoms with van der Waals surface area (Å²) < 4.78 is 0. The van der Waals surface area contributed by atoms with E-state index in [0.29, 0.717) is 6.04 Å². The van der Waals surface area contributed by atoms with Gasteiger partial charge in [0.25, 0.3) is 0 Å². The summed E-state index contributed by atoms with van der Waals surface area (Å²) in [7, 11) is 0. The van der Waals surface area contributed by atoms with E-state index in [1.54, 1.807) is 0 Å². The third-order valence-electron chi connectivity index (χ3n) is 3.97. The number of likely N-dealkylation sites (tertiary alicyclic amines) is 1. The number of rotatable bonds is 6. The number of nitrogens with one attached hydrogen (secondary N) is 1. The van der Waals surface area contributed by atoms with Crippen LogP contribution in [0.15, 0.2) is 30.3 Å². The fourth-order valence-corrected chi connectivity index (χ4v) is 2.86. The molecule has 1 aliphatic heterocycles. The quantitative estimate of drug-likeness (QED) is 0.788. The van der Waals surface area contributed by atoms with Gasteiger partial charge in [-0.1, -0.05) is 50.1 Å². The van der Waals surface area contributed by atoms with Crippen LogP contribution in [0, 0.1) is 0 Å². The normalized spacial score (nSPS) is 21.2. The Hall–Kier alpha value is -0.860. The number of benzene rings is 1. The van der Waals surface area contributed by atoms with Crippen molar-refractivity contribution in [2.24, 2.45) is 0 Å². The molecule has 2 rings (SSSR count). The van der Waals surface area contributed by atoms with E-state index in [-0.39, 0.29) is 0 Å². The van der Waals surface area contributed by atoms with Gasteiger partial charge in [0.15, 0.2) is 0 Å². The molecule has 1 aromatic rings. The fraction of sp³-hybridized carbons (Fsp3) is 0.647. The smallest absolute Gasteiger partial charge is 0.0234 e. The van der Waals surface area contributed by atoms with Crippen molar-refractivity contribution in [1.29, 1.82) is 0 Å². The molecule has 1 aliphatic rings. The predicted molar refractivity (Wildman–Crippen MR) is 82.3 cm³/mol. The van der Waals surface area contributed by atoms with E-state index in [4.69, 9.17) is 0 Å². The van der Waals surface area contributed by atoms with Crippen molar-refractivity contribution in [3.8, 4) is 0 Å². The highest BCUT2D eigenvalue weighted by Gasteiger charge is 2.17. The Morgan fingerprint density at radius 2 is 2.05 bits per heavy atom. The van der Waals surface area contributed by atoms with Gasteiger partial charge in [-0.25, -0.2) is 0 Å². The first-order chi connectivity index (χ1) is 9.38. The van der Waals surface area contributed by atoms with Gasteiger partial charge < -0.3 is 5.32 Å². The molecule has 0 amide bonds. The first-order valence-electron chi connectivity index (χ1n) is 7.88. The largest absolute Gasteiger partial charge is 0.313 e. The van der Waals surface area contributed by atoms with Crippen LogP contribution in [0.2, 0.25) is 0 Å². The molecule has 0 radical (unpaired) electrons. The minimum Gasteiger partial charge on any atom is -0.313 e. The molecule has 2 nitrogen and oxygen atoms in total. The zero-order chi connectivity index (χ0) is 13.3. The van der Waals surface area contributed by atoms with Crippen molar-refractivity contribution in [2.75, 3.05) is 19.6 Å². The number of hydrogen-bond donors (Lipinski definition) is 1. The highest BCUT2D eigenvalue weighted by Crippen LogP contribution is 2.14. The molecule has 1 unspecified atom stereocenters. The van der Waals surface area contributed by atoms with Gasteiger partial charge in [-0.15, -0.1) is 0 Å². The molecule has 0 bridgehead atoms. The van der Waals surface area contributed by atoms with Crippen LogP contribution in [0.25, 0.3) is 0 Å². The Kier molecular flexibility index (Phi) is 6.38. The van der Waals surface area contributed by atoms with E-state index in [9.17, 15) is 0 Å². The molecule has 2 heteroatoms. The molecule has 1 N–H and O–H groups in total. The standard InChI is InChI=1S/C17H28N2/c1-2-3-12-18-17-11-7-8-13-19(15-17)14-16-9-5-4-6-10-16/h4-6,9-10,17-18H,2-3,7-8,11-15H2,1H3. The average molecular weight is 260 g/mol. The number of unbranched alkanes of at least 4 members (excludes halogenated alkanes) is 1. The SMILES string of the molecule is CCCCNC1CCCCN(Cc2ccccc2)C1. The van der Waals surface area contributed by atoms with Gasteiger partial charge in [0.05, 0.1) is 0 Å². The van der Waals surface area contributed by atoms with E-state index in [2.05, 4.69) is 47.5 Å². The fourth-order valence-electron chi connectivity index (χ4n) is 2.86. The molecule has 1 saturated heterocycles. The molecule has 1 fully saturated rings. The highest BCUT2D eigenvalue weighted by atomic mass is 15.1. The summed E-state index contributed by atoms with van der Waals surface area (Å²) in [6.45, 7) is 7.00. The third-order valence-corrected chi connectivity index (χ3v) is 3.97. The number of hydrogen-bond acceptors (Lipinski definition) is 2. The maximum absolute atomic E-state index is 3.74. The maximum Gasteiger partial charge on any atom is 0.0234 e. The minimum absolute atomic E-state index is 0.692. The Balaban J connectivity index is 1.82. The van der Waals surface area contributed by atoms with E-state index >= 15 is 0 Å². The Morgan fingerprint density at radius 1 is 1.21 bits per heavy atom. The molecular formula is C17H28N2. The van der Waals surface area contributed by atoms with Gasteiger partial charge in [-0.05, 0) is 37.9 Å². The Bertz CT molecular complexity index is 336. The first kappa shape index (κ1) is 14.5. The summed E-state index contributed by atoms with van der Waals surface area (Å²) in [5.74, 6) is 0. The second kappa shape index (κ2) is 8.34. The molecule has 1 atom stereocenters. The van der Waals surface area contributed by atoms with Crippen molar-refractivity contribution in [2.45, 2.75) is 51.6 Å². The van der Waals surface area contributed by atoms with E-state index < -0.39 is 0 Å². The second-order valence-electron chi connectivity index (χ2n) is 5.72. The molecule has 0 aliphatic carbocycles. The van der Waals surface area contributed by atoms with Crippen LogP contribution >= 0.6 is 0 Å². The van der Waals surface area contributed by atoms with Gasteiger partial charge >= 0.3 is 0 Å². The monoisotopic (exact) mass is 260 g/mol. The summed E-state index contributed by atoms with van der Waals surface area (Å²) in [5.41, 5.74) is 1.44. The average Bonchev–Trinajstić information content (AvgIpc) is 2.66. The van der Waals surface area contributed by atoms with Crippen molar-refractivity contribution in [3.05, 3.63) is 35.9 Å². The van der Waals surface area contributed by atoms with Gasteiger partial charge in [-0.3, -0.25) is 4.90 Å². The molecule has 19 heavy (non-hydrogen) atoms. The Morgan fingerprint density at radius 3 is 2.84 bits per heavy atom. The van der Waals surface area contributed by atoms with Crippen LogP contribution in [0.3, 0.4) is 0 Å². The molecule has 0 spiro atoms. The summed E-state index contributed by atoms with van der Waals surface area (Å²) in [4.78, 5) is 2.62. The summed E-state index contributed by atoms with van der Waals surface area (Å²) in [5, 5.41) is 3.74. The molecule has 1 heterocycles. The van der Waals surface area contributed by atoms with Crippen LogP contribution in [0.1, 0.15) is 44.6 Å². The van der Waals surface area contributed by atoms with Gasteiger partial charge in [0.1, 0.15) is 0 Å². The van der Waals surface area contributed by atoms with Crippen molar-refractivity contribution >= 4 is 0 Å². The zero-order valence-electron chi connectivity index (χ0n) is 12.3. The topological polar surface area (TPSA) is 15.3 Å². The van der Waals surface area contributed by atoms with E-state index in [0.717, 1.165) is 6.54 Å². The van der Waals surface area contributed by atoms with Crippen molar-refractivity contribution in [3.63, 3.8) is 0 Å². The van der Waals surface area contributed by atoms with Crippen LogP contribution in [0.4, 0.5) is 0 Å². The number of nitrogens with zero attached hydrogens (tertiary/aromatic N) is 1.